The van der Waals surface area contributed by atoms with E-state index < -0.39 is 7.12 Å². The zero-order chi connectivity index (χ0) is 10.1. The Bertz CT molecular complexity index is 473. The Morgan fingerprint density at radius 2 is 1.93 bits per heavy atom. The summed E-state index contributed by atoms with van der Waals surface area (Å²) in [4.78, 5) is 3.95. The van der Waals surface area contributed by atoms with Crippen molar-refractivity contribution in [2.75, 3.05) is 0 Å². The smallest absolute Gasteiger partial charge is 0.492 e. The number of hydrogen-bond acceptors (Lipinski definition) is 4. The van der Waals surface area contributed by atoms with Crippen LogP contribution in [0.1, 0.15) is 0 Å². The molecule has 1 heterocycles. The second-order valence-electron chi connectivity index (χ2n) is 2.95. The SMILES string of the molecule is OB(O)c1ccc2cccnc2c1O. The maximum Gasteiger partial charge on any atom is 0.492 e. The van der Waals surface area contributed by atoms with Gasteiger partial charge in [-0.2, -0.15) is 0 Å². The van der Waals surface area contributed by atoms with Crippen LogP contribution in [-0.4, -0.2) is 27.3 Å². The molecule has 0 bridgehead atoms. The number of pyridine rings is 1. The fourth-order valence-corrected chi connectivity index (χ4v) is 1.35. The van der Waals surface area contributed by atoms with E-state index in [0.29, 0.717) is 5.52 Å². The lowest BCUT2D eigenvalue weighted by atomic mass is 9.79. The number of aromatic nitrogens is 1. The highest BCUT2D eigenvalue weighted by molar-refractivity contribution is 6.60. The molecule has 14 heavy (non-hydrogen) atoms. The van der Waals surface area contributed by atoms with Crippen molar-refractivity contribution in [1.29, 1.82) is 0 Å². The van der Waals surface area contributed by atoms with Crippen LogP contribution in [0.4, 0.5) is 0 Å². The van der Waals surface area contributed by atoms with E-state index in [-0.39, 0.29) is 11.2 Å². The molecule has 2 rings (SSSR count). The molecule has 4 nitrogen and oxygen atoms in total. The van der Waals surface area contributed by atoms with Gasteiger partial charge in [0.1, 0.15) is 11.3 Å². The average molecular weight is 189 g/mol. The Morgan fingerprint density at radius 1 is 1.14 bits per heavy atom. The number of rotatable bonds is 1. The van der Waals surface area contributed by atoms with E-state index in [1.165, 1.54) is 12.3 Å². The third-order valence-corrected chi connectivity index (χ3v) is 2.06. The van der Waals surface area contributed by atoms with Crippen LogP contribution in [0.15, 0.2) is 30.5 Å². The zero-order valence-corrected chi connectivity index (χ0v) is 7.25. The van der Waals surface area contributed by atoms with E-state index in [1.807, 2.05) is 0 Å². The number of nitrogens with zero attached hydrogens (tertiary/aromatic N) is 1. The molecule has 0 aliphatic carbocycles. The molecule has 0 fully saturated rings. The third kappa shape index (κ3) is 1.32. The van der Waals surface area contributed by atoms with E-state index in [2.05, 4.69) is 4.98 Å². The van der Waals surface area contributed by atoms with Gasteiger partial charge in [0.05, 0.1) is 0 Å². The number of fused-ring (bicyclic) bond motifs is 1. The molecule has 0 aliphatic heterocycles. The minimum absolute atomic E-state index is 0.0659. The minimum atomic E-state index is -1.68. The lowest BCUT2D eigenvalue weighted by Crippen LogP contribution is -2.30. The fourth-order valence-electron chi connectivity index (χ4n) is 1.35. The van der Waals surface area contributed by atoms with Gasteiger partial charge < -0.3 is 15.2 Å². The minimum Gasteiger partial charge on any atom is -0.506 e. The second-order valence-corrected chi connectivity index (χ2v) is 2.95. The van der Waals surface area contributed by atoms with Gasteiger partial charge in [0.15, 0.2) is 0 Å². The summed E-state index contributed by atoms with van der Waals surface area (Å²) in [6, 6.07) is 6.67. The van der Waals surface area contributed by atoms with Crippen LogP contribution in [0.25, 0.3) is 10.9 Å². The van der Waals surface area contributed by atoms with Crippen molar-refractivity contribution in [3.8, 4) is 5.75 Å². The van der Waals surface area contributed by atoms with Crippen molar-refractivity contribution < 1.29 is 15.2 Å². The van der Waals surface area contributed by atoms with E-state index in [1.54, 1.807) is 18.2 Å². The van der Waals surface area contributed by atoms with Gasteiger partial charge in [0.25, 0.3) is 0 Å². The number of aromatic hydroxyl groups is 1. The maximum atomic E-state index is 9.64. The molecule has 1 aromatic carbocycles. The molecule has 5 heteroatoms. The van der Waals surface area contributed by atoms with Crippen molar-refractivity contribution in [1.82, 2.24) is 4.98 Å². The highest BCUT2D eigenvalue weighted by Crippen LogP contribution is 2.19. The van der Waals surface area contributed by atoms with Gasteiger partial charge in [-0.05, 0) is 6.07 Å². The summed E-state index contributed by atoms with van der Waals surface area (Å²) in [5, 5.41) is 28.3. The third-order valence-electron chi connectivity index (χ3n) is 2.06. The van der Waals surface area contributed by atoms with Crippen molar-refractivity contribution in [3.63, 3.8) is 0 Å². The molecule has 0 atom stereocenters. The Labute approximate surface area is 80.6 Å². The Hall–Kier alpha value is -1.59. The number of hydrogen-bond donors (Lipinski definition) is 3. The van der Waals surface area contributed by atoms with Crippen LogP contribution in [0.3, 0.4) is 0 Å². The van der Waals surface area contributed by atoms with Crippen LogP contribution in [-0.2, 0) is 0 Å². The Kier molecular flexibility index (Phi) is 2.11. The molecule has 0 aliphatic rings. The van der Waals surface area contributed by atoms with Gasteiger partial charge in [0.2, 0.25) is 0 Å². The van der Waals surface area contributed by atoms with Gasteiger partial charge in [-0.25, -0.2) is 0 Å². The van der Waals surface area contributed by atoms with E-state index in [9.17, 15) is 5.11 Å². The van der Waals surface area contributed by atoms with Gasteiger partial charge in [-0.15, -0.1) is 0 Å². The maximum absolute atomic E-state index is 9.64. The molecule has 0 spiro atoms. The summed E-state index contributed by atoms with van der Waals surface area (Å²) in [5.41, 5.74) is 0.439. The second kappa shape index (κ2) is 3.28. The summed E-state index contributed by atoms with van der Waals surface area (Å²) in [7, 11) is -1.68. The zero-order valence-electron chi connectivity index (χ0n) is 7.25. The van der Waals surface area contributed by atoms with Crippen molar-refractivity contribution in [2.45, 2.75) is 0 Å². The first-order chi connectivity index (χ1) is 6.70. The normalized spacial score (nSPS) is 10.4. The lowest BCUT2D eigenvalue weighted by molar-refractivity contribution is 0.420. The first-order valence-corrected chi connectivity index (χ1v) is 4.13. The topological polar surface area (TPSA) is 73.6 Å². The van der Waals surface area contributed by atoms with E-state index in [0.717, 1.165) is 5.39 Å². The van der Waals surface area contributed by atoms with Crippen molar-refractivity contribution in [2.24, 2.45) is 0 Å². The Morgan fingerprint density at radius 3 is 2.64 bits per heavy atom. The first-order valence-electron chi connectivity index (χ1n) is 4.13. The quantitative estimate of drug-likeness (QED) is 0.534. The molecule has 0 saturated heterocycles. The van der Waals surface area contributed by atoms with E-state index in [4.69, 9.17) is 10.0 Å². The average Bonchev–Trinajstić information content (AvgIpc) is 2.18. The summed E-state index contributed by atoms with van der Waals surface area (Å²) in [5.74, 6) is -0.182. The van der Waals surface area contributed by atoms with Crippen LogP contribution in [0.5, 0.6) is 5.75 Å². The fraction of sp³-hybridized carbons (Fsp3) is 0. The lowest BCUT2D eigenvalue weighted by Gasteiger charge is -2.05. The number of phenolic OH excluding ortho intramolecular Hbond substituents is 1. The molecule has 3 N–H and O–H groups in total. The van der Waals surface area contributed by atoms with Crippen LogP contribution in [0, 0.1) is 0 Å². The molecule has 0 unspecified atom stereocenters. The van der Waals surface area contributed by atoms with Crippen LogP contribution < -0.4 is 5.46 Å². The van der Waals surface area contributed by atoms with Crippen molar-refractivity contribution >= 4 is 23.5 Å². The highest BCUT2D eigenvalue weighted by atomic mass is 16.4. The summed E-state index contributed by atoms with van der Waals surface area (Å²) < 4.78 is 0. The number of benzene rings is 1. The monoisotopic (exact) mass is 189 g/mol. The van der Waals surface area contributed by atoms with Crippen LogP contribution in [0.2, 0.25) is 0 Å². The van der Waals surface area contributed by atoms with Gasteiger partial charge in [-0.1, -0.05) is 18.2 Å². The summed E-state index contributed by atoms with van der Waals surface area (Å²) in [6.45, 7) is 0. The molecule has 0 radical (unpaired) electrons. The predicted octanol–water partition coefficient (Wildman–Crippen LogP) is -0.380. The molecule has 70 valence electrons. The summed E-state index contributed by atoms with van der Waals surface area (Å²) in [6.07, 6.45) is 1.54. The standard InChI is InChI=1S/C9H8BNO3/c12-9-7(10(13)14)4-3-6-2-1-5-11-8(6)9/h1-5,12-14H. The molecular weight excluding hydrogens is 181 g/mol. The van der Waals surface area contributed by atoms with Crippen molar-refractivity contribution in [3.05, 3.63) is 30.5 Å². The summed E-state index contributed by atoms with van der Waals surface area (Å²) >= 11 is 0. The van der Waals surface area contributed by atoms with Gasteiger partial charge in [-0.3, -0.25) is 4.98 Å². The molecule has 0 amide bonds. The molecular formula is C9H8BNO3. The first kappa shape index (κ1) is 8.99. The Balaban J connectivity index is 2.75. The van der Waals surface area contributed by atoms with Gasteiger partial charge in [0, 0.05) is 17.0 Å². The molecule has 2 aromatic rings. The largest absolute Gasteiger partial charge is 0.506 e. The highest BCUT2D eigenvalue weighted by Gasteiger charge is 2.17. The molecule has 0 saturated carbocycles. The van der Waals surface area contributed by atoms with E-state index >= 15 is 0 Å². The molecule has 1 aromatic heterocycles. The predicted molar refractivity (Wildman–Crippen MR) is 53.2 cm³/mol. The van der Waals surface area contributed by atoms with Gasteiger partial charge >= 0.3 is 7.12 Å². The number of phenols is 1. The van der Waals surface area contributed by atoms with Crippen LogP contribution >= 0.6 is 0 Å².